The van der Waals surface area contributed by atoms with Crippen molar-refractivity contribution in [1.82, 2.24) is 19.6 Å². The maximum atomic E-state index is 12.5. The molecule has 0 radical (unpaired) electrons. The van der Waals surface area contributed by atoms with E-state index in [0.29, 0.717) is 29.0 Å². The van der Waals surface area contributed by atoms with E-state index in [1.165, 1.54) is 11.8 Å². The summed E-state index contributed by atoms with van der Waals surface area (Å²) < 4.78 is 7.25. The molecule has 1 amide bonds. The molecule has 7 nitrogen and oxygen atoms in total. The fraction of sp³-hybridized carbons (Fsp3) is 0.200. The zero-order valence-electron chi connectivity index (χ0n) is 15.5. The van der Waals surface area contributed by atoms with E-state index in [-0.39, 0.29) is 11.7 Å². The summed E-state index contributed by atoms with van der Waals surface area (Å²) in [6.45, 7) is 4.28. The first-order chi connectivity index (χ1) is 13.7. The minimum absolute atomic E-state index is 0.142. The Hall–Kier alpha value is -3.13. The molecule has 0 atom stereocenters. The van der Waals surface area contributed by atoms with Crippen molar-refractivity contribution in [2.75, 3.05) is 17.7 Å². The van der Waals surface area contributed by atoms with Crippen LogP contribution in [0.15, 0.2) is 53.7 Å². The highest BCUT2D eigenvalue weighted by Crippen LogP contribution is 2.26. The Balaban J connectivity index is 1.56. The van der Waals surface area contributed by atoms with Crippen molar-refractivity contribution in [3.8, 4) is 5.75 Å². The number of aryl methyl sites for hydroxylation is 1. The van der Waals surface area contributed by atoms with Crippen LogP contribution < -0.4 is 10.1 Å². The standard InChI is InChI=1S/C20H19N5O2S/c1-3-27-17-11-7-6-10-16(17)22-18(26)12-28-20-23-15-9-5-4-8-14(15)19-21-13(2)24-25(19)20/h4-11H,3,12H2,1-2H3,(H,22,26). The molecule has 0 aliphatic rings. The number of carbonyl (C=O) groups is 1. The molecule has 0 aliphatic heterocycles. The number of fused-ring (bicyclic) bond motifs is 3. The number of thioether (sulfide) groups is 1. The first-order valence-corrected chi connectivity index (χ1v) is 9.91. The maximum Gasteiger partial charge on any atom is 0.234 e. The Labute approximate surface area is 166 Å². The largest absolute Gasteiger partial charge is 0.492 e. The van der Waals surface area contributed by atoms with Crippen molar-refractivity contribution >= 4 is 39.9 Å². The van der Waals surface area contributed by atoms with Crippen molar-refractivity contribution < 1.29 is 9.53 Å². The summed E-state index contributed by atoms with van der Waals surface area (Å²) in [6, 6.07) is 15.2. The van der Waals surface area contributed by atoms with Gasteiger partial charge in [-0.25, -0.2) is 9.97 Å². The molecule has 4 aromatic rings. The van der Waals surface area contributed by atoms with Gasteiger partial charge in [0.05, 0.1) is 23.6 Å². The number of para-hydroxylation sites is 3. The number of nitrogens with one attached hydrogen (secondary N) is 1. The molecule has 2 heterocycles. The number of amides is 1. The average Bonchev–Trinajstić information content (AvgIpc) is 3.10. The second-order valence-corrected chi connectivity index (χ2v) is 7.01. The fourth-order valence-corrected chi connectivity index (χ4v) is 3.64. The van der Waals surface area contributed by atoms with E-state index in [1.54, 1.807) is 4.52 Å². The van der Waals surface area contributed by atoms with E-state index < -0.39 is 0 Å². The Kier molecular flexibility index (Phi) is 5.12. The molecule has 4 rings (SSSR count). The van der Waals surface area contributed by atoms with Crippen LogP contribution in [0.4, 0.5) is 5.69 Å². The topological polar surface area (TPSA) is 81.4 Å². The van der Waals surface area contributed by atoms with Gasteiger partial charge >= 0.3 is 0 Å². The van der Waals surface area contributed by atoms with E-state index in [0.717, 1.165) is 16.6 Å². The van der Waals surface area contributed by atoms with E-state index >= 15 is 0 Å². The first-order valence-electron chi connectivity index (χ1n) is 8.92. The van der Waals surface area contributed by atoms with Crippen molar-refractivity contribution in [3.63, 3.8) is 0 Å². The lowest BCUT2D eigenvalue weighted by Gasteiger charge is -2.11. The SMILES string of the molecule is CCOc1ccccc1NC(=O)CSc1nc2ccccc2c2nc(C)nn12. The molecule has 0 spiro atoms. The number of ether oxygens (including phenoxy) is 1. The van der Waals surface area contributed by atoms with Crippen molar-refractivity contribution in [2.24, 2.45) is 0 Å². The second kappa shape index (κ2) is 7.85. The lowest BCUT2D eigenvalue weighted by atomic mass is 10.2. The number of hydrogen-bond donors (Lipinski definition) is 1. The first kappa shape index (κ1) is 18.2. The van der Waals surface area contributed by atoms with Crippen LogP contribution in [0.3, 0.4) is 0 Å². The van der Waals surface area contributed by atoms with Crippen LogP contribution in [-0.2, 0) is 4.79 Å². The van der Waals surface area contributed by atoms with E-state index in [9.17, 15) is 4.79 Å². The van der Waals surface area contributed by atoms with E-state index in [2.05, 4.69) is 20.4 Å². The van der Waals surface area contributed by atoms with Crippen LogP contribution in [0.2, 0.25) is 0 Å². The molecule has 0 saturated heterocycles. The lowest BCUT2D eigenvalue weighted by molar-refractivity contribution is -0.113. The molecule has 0 bridgehead atoms. The van der Waals surface area contributed by atoms with Gasteiger partial charge in [-0.1, -0.05) is 36.0 Å². The van der Waals surface area contributed by atoms with E-state index in [4.69, 9.17) is 4.74 Å². The average molecular weight is 393 g/mol. The van der Waals surface area contributed by atoms with Gasteiger partial charge in [0.15, 0.2) is 10.8 Å². The van der Waals surface area contributed by atoms with Crippen LogP contribution in [0.5, 0.6) is 5.75 Å². The predicted octanol–water partition coefficient (Wildman–Crippen LogP) is 3.72. The summed E-state index contributed by atoms with van der Waals surface area (Å²) >= 11 is 1.32. The summed E-state index contributed by atoms with van der Waals surface area (Å²) in [4.78, 5) is 21.7. The second-order valence-electron chi connectivity index (χ2n) is 6.07. The van der Waals surface area contributed by atoms with Gasteiger partial charge in [0, 0.05) is 5.39 Å². The third kappa shape index (κ3) is 3.63. The molecule has 2 aromatic carbocycles. The van der Waals surface area contributed by atoms with Crippen LogP contribution >= 0.6 is 11.8 Å². The fourth-order valence-electron chi connectivity index (χ4n) is 2.89. The minimum Gasteiger partial charge on any atom is -0.492 e. The summed E-state index contributed by atoms with van der Waals surface area (Å²) in [5.74, 6) is 1.37. The van der Waals surface area contributed by atoms with Gasteiger partial charge in [0.25, 0.3) is 0 Å². The third-order valence-corrected chi connectivity index (χ3v) is 4.98. The van der Waals surface area contributed by atoms with Gasteiger partial charge in [-0.05, 0) is 38.1 Å². The van der Waals surface area contributed by atoms with Gasteiger partial charge in [-0.3, -0.25) is 4.79 Å². The molecule has 2 aromatic heterocycles. The number of hydrogen-bond acceptors (Lipinski definition) is 6. The minimum atomic E-state index is -0.142. The molecular weight excluding hydrogens is 374 g/mol. The Morgan fingerprint density at radius 2 is 1.93 bits per heavy atom. The zero-order valence-corrected chi connectivity index (χ0v) is 16.4. The van der Waals surface area contributed by atoms with Crippen LogP contribution in [0, 0.1) is 6.92 Å². The van der Waals surface area contributed by atoms with Gasteiger partial charge in [-0.2, -0.15) is 4.52 Å². The predicted molar refractivity (Wildman–Crippen MR) is 110 cm³/mol. The van der Waals surface area contributed by atoms with Gasteiger partial charge in [-0.15, -0.1) is 5.10 Å². The molecule has 0 saturated carbocycles. The monoisotopic (exact) mass is 393 g/mol. The highest BCUT2D eigenvalue weighted by molar-refractivity contribution is 7.99. The third-order valence-electron chi connectivity index (χ3n) is 4.05. The number of rotatable bonds is 6. The number of nitrogens with zero attached hydrogens (tertiary/aromatic N) is 4. The summed E-state index contributed by atoms with van der Waals surface area (Å²) in [6.07, 6.45) is 0. The van der Waals surface area contributed by atoms with Crippen molar-refractivity contribution in [2.45, 2.75) is 19.0 Å². The molecule has 28 heavy (non-hydrogen) atoms. The Morgan fingerprint density at radius 1 is 1.14 bits per heavy atom. The van der Waals surface area contributed by atoms with Crippen LogP contribution in [0.1, 0.15) is 12.7 Å². The normalized spacial score (nSPS) is 11.1. The van der Waals surface area contributed by atoms with E-state index in [1.807, 2.05) is 62.4 Å². The summed E-state index contributed by atoms with van der Waals surface area (Å²) in [5, 5.41) is 8.89. The smallest absolute Gasteiger partial charge is 0.234 e. The van der Waals surface area contributed by atoms with Crippen molar-refractivity contribution in [3.05, 3.63) is 54.4 Å². The molecule has 0 aliphatic carbocycles. The van der Waals surface area contributed by atoms with Gasteiger partial charge in [0.2, 0.25) is 5.91 Å². The number of carbonyl (C=O) groups excluding carboxylic acids is 1. The molecule has 0 unspecified atom stereocenters. The molecular formula is C20H19N5O2S. The molecule has 8 heteroatoms. The maximum absolute atomic E-state index is 12.5. The summed E-state index contributed by atoms with van der Waals surface area (Å²) in [7, 11) is 0. The van der Waals surface area contributed by atoms with Crippen molar-refractivity contribution in [1.29, 1.82) is 0 Å². The Morgan fingerprint density at radius 3 is 2.79 bits per heavy atom. The molecule has 142 valence electrons. The highest BCUT2D eigenvalue weighted by Gasteiger charge is 2.14. The Bertz CT molecular complexity index is 1160. The van der Waals surface area contributed by atoms with Gasteiger partial charge < -0.3 is 10.1 Å². The quantitative estimate of drug-likeness (QED) is 0.397. The lowest BCUT2D eigenvalue weighted by Crippen LogP contribution is -2.15. The van der Waals surface area contributed by atoms with Crippen LogP contribution in [0.25, 0.3) is 16.6 Å². The van der Waals surface area contributed by atoms with Crippen LogP contribution in [-0.4, -0.2) is 37.8 Å². The number of anilines is 1. The molecule has 0 fully saturated rings. The zero-order chi connectivity index (χ0) is 19.5. The number of aromatic nitrogens is 4. The summed E-state index contributed by atoms with van der Waals surface area (Å²) in [5.41, 5.74) is 2.22. The number of benzene rings is 2. The highest BCUT2D eigenvalue weighted by atomic mass is 32.2. The van der Waals surface area contributed by atoms with Gasteiger partial charge in [0.1, 0.15) is 11.6 Å². The molecule has 1 N–H and O–H groups in total.